The van der Waals surface area contributed by atoms with Crippen molar-refractivity contribution < 1.29 is 0 Å². The van der Waals surface area contributed by atoms with Gasteiger partial charge in [0.25, 0.3) is 0 Å². The zero-order valence-electron chi connectivity index (χ0n) is 14.0. The predicted octanol–water partition coefficient (Wildman–Crippen LogP) is 2.53. The molecule has 4 rings (SSSR count). The van der Waals surface area contributed by atoms with Crippen molar-refractivity contribution in [2.45, 2.75) is 44.6 Å². The summed E-state index contributed by atoms with van der Waals surface area (Å²) < 4.78 is 0. The van der Waals surface area contributed by atoms with Crippen molar-refractivity contribution in [1.29, 1.82) is 0 Å². The van der Waals surface area contributed by atoms with E-state index >= 15 is 0 Å². The van der Waals surface area contributed by atoms with E-state index in [1.54, 1.807) is 0 Å². The molecule has 1 aliphatic heterocycles. The number of nitrogens with two attached hydrogens (primary N) is 2. The number of nitrogen functional groups attached to an aromatic ring is 1. The first kappa shape index (κ1) is 15.4. The van der Waals surface area contributed by atoms with Crippen molar-refractivity contribution in [3.8, 4) is 11.3 Å². The van der Waals surface area contributed by atoms with Gasteiger partial charge in [-0.1, -0.05) is 30.7 Å². The summed E-state index contributed by atoms with van der Waals surface area (Å²) in [5, 5.41) is 0. The standard InChI is InChI=1S/C19H25N5/c20-14-10-11-24(12-14)18-16-9-3-1-2-6-13-7-4-5-8-15(13)17(16)22-19(21)23-18/h4-5,7-8,14H,1-3,6,9-12,20H2,(H2,21,22,23)/t14-/m1/s1. The molecule has 1 aromatic heterocycles. The molecule has 1 atom stereocenters. The van der Waals surface area contributed by atoms with Gasteiger partial charge in [-0.25, -0.2) is 4.98 Å². The van der Waals surface area contributed by atoms with Crippen LogP contribution in [0.5, 0.6) is 0 Å². The Morgan fingerprint density at radius 3 is 2.71 bits per heavy atom. The van der Waals surface area contributed by atoms with Gasteiger partial charge in [-0.05, 0) is 37.7 Å². The largest absolute Gasteiger partial charge is 0.368 e. The average molecular weight is 323 g/mol. The molecule has 0 unspecified atom stereocenters. The van der Waals surface area contributed by atoms with Gasteiger partial charge in [0.1, 0.15) is 5.82 Å². The Kier molecular flexibility index (Phi) is 4.10. The summed E-state index contributed by atoms with van der Waals surface area (Å²) in [4.78, 5) is 11.6. The number of nitrogens with zero attached hydrogens (tertiary/aromatic N) is 3. The monoisotopic (exact) mass is 323 g/mol. The number of benzene rings is 1. The molecule has 126 valence electrons. The highest BCUT2D eigenvalue weighted by molar-refractivity contribution is 5.73. The van der Waals surface area contributed by atoms with E-state index in [-0.39, 0.29) is 6.04 Å². The minimum absolute atomic E-state index is 0.223. The highest BCUT2D eigenvalue weighted by atomic mass is 15.2. The van der Waals surface area contributed by atoms with E-state index in [1.807, 2.05) is 0 Å². The number of rotatable bonds is 1. The molecular weight excluding hydrogens is 298 g/mol. The van der Waals surface area contributed by atoms with E-state index in [1.165, 1.54) is 36.0 Å². The summed E-state index contributed by atoms with van der Waals surface area (Å²) in [5.74, 6) is 1.36. The molecule has 1 aromatic carbocycles. The second kappa shape index (κ2) is 6.40. The fourth-order valence-electron chi connectivity index (χ4n) is 3.95. The van der Waals surface area contributed by atoms with Crippen LogP contribution in [-0.4, -0.2) is 29.1 Å². The molecule has 1 aliphatic carbocycles. The number of fused-ring (bicyclic) bond motifs is 3. The first-order valence-corrected chi connectivity index (χ1v) is 8.97. The van der Waals surface area contributed by atoms with Crippen LogP contribution in [-0.2, 0) is 12.8 Å². The van der Waals surface area contributed by atoms with E-state index in [2.05, 4.69) is 39.1 Å². The van der Waals surface area contributed by atoms with Gasteiger partial charge < -0.3 is 16.4 Å². The summed E-state index contributed by atoms with van der Waals surface area (Å²) in [5.41, 5.74) is 17.1. The second-order valence-corrected chi connectivity index (χ2v) is 6.95. The molecule has 2 aliphatic rings. The third kappa shape index (κ3) is 2.84. The van der Waals surface area contributed by atoms with Gasteiger partial charge in [0.2, 0.25) is 5.95 Å². The van der Waals surface area contributed by atoms with Gasteiger partial charge in [0, 0.05) is 30.3 Å². The Balaban J connectivity index is 1.89. The minimum atomic E-state index is 0.223. The second-order valence-electron chi connectivity index (χ2n) is 6.95. The Morgan fingerprint density at radius 2 is 1.88 bits per heavy atom. The molecule has 0 saturated carbocycles. The molecular formula is C19H25N5. The van der Waals surface area contributed by atoms with E-state index in [0.29, 0.717) is 5.95 Å². The molecule has 0 spiro atoms. The van der Waals surface area contributed by atoms with Gasteiger partial charge >= 0.3 is 0 Å². The lowest BCUT2D eigenvalue weighted by Gasteiger charge is -2.23. The molecule has 4 N–H and O–H groups in total. The minimum Gasteiger partial charge on any atom is -0.368 e. The summed E-state index contributed by atoms with van der Waals surface area (Å²) >= 11 is 0. The number of aryl methyl sites for hydroxylation is 1. The van der Waals surface area contributed by atoms with Crippen LogP contribution in [0.1, 0.15) is 36.8 Å². The summed E-state index contributed by atoms with van der Waals surface area (Å²) in [6.07, 6.45) is 6.74. The SMILES string of the molecule is Nc1nc2c(c(N3CC[C@@H](N)C3)n1)CCCCCc1ccccc1-2. The zero-order valence-corrected chi connectivity index (χ0v) is 14.0. The molecule has 0 amide bonds. The van der Waals surface area contributed by atoms with Gasteiger partial charge in [-0.3, -0.25) is 0 Å². The molecule has 2 heterocycles. The lowest BCUT2D eigenvalue weighted by Crippen LogP contribution is -2.28. The molecule has 24 heavy (non-hydrogen) atoms. The summed E-state index contributed by atoms with van der Waals surface area (Å²) in [6.45, 7) is 1.80. The average Bonchev–Trinajstić information content (AvgIpc) is 3.04. The third-order valence-corrected chi connectivity index (χ3v) is 5.17. The number of anilines is 2. The normalized spacial score (nSPS) is 20.7. The van der Waals surface area contributed by atoms with Crippen LogP contribution < -0.4 is 16.4 Å². The van der Waals surface area contributed by atoms with Gasteiger partial charge in [0.15, 0.2) is 0 Å². The van der Waals surface area contributed by atoms with Crippen LogP contribution in [0.15, 0.2) is 24.3 Å². The highest BCUT2D eigenvalue weighted by Crippen LogP contribution is 2.35. The van der Waals surface area contributed by atoms with E-state index < -0.39 is 0 Å². The Morgan fingerprint density at radius 1 is 1.04 bits per heavy atom. The smallest absolute Gasteiger partial charge is 0.222 e. The third-order valence-electron chi connectivity index (χ3n) is 5.17. The maximum atomic E-state index is 6.12. The maximum absolute atomic E-state index is 6.12. The number of hydrogen-bond donors (Lipinski definition) is 2. The van der Waals surface area contributed by atoms with Crippen molar-refractivity contribution in [2.24, 2.45) is 5.73 Å². The van der Waals surface area contributed by atoms with Gasteiger partial charge in [0.05, 0.1) is 5.69 Å². The van der Waals surface area contributed by atoms with Crippen LogP contribution in [0.4, 0.5) is 11.8 Å². The first-order valence-electron chi connectivity index (χ1n) is 8.97. The first-order chi connectivity index (χ1) is 11.7. The van der Waals surface area contributed by atoms with Crippen LogP contribution in [0, 0.1) is 0 Å². The topological polar surface area (TPSA) is 81.1 Å². The highest BCUT2D eigenvalue weighted by Gasteiger charge is 2.26. The fourth-order valence-corrected chi connectivity index (χ4v) is 3.95. The fraction of sp³-hybridized carbons (Fsp3) is 0.474. The van der Waals surface area contributed by atoms with E-state index in [4.69, 9.17) is 11.5 Å². The summed E-state index contributed by atoms with van der Waals surface area (Å²) in [7, 11) is 0. The van der Waals surface area contributed by atoms with Gasteiger partial charge in [-0.2, -0.15) is 4.98 Å². The van der Waals surface area contributed by atoms with Crippen molar-refractivity contribution in [3.05, 3.63) is 35.4 Å². The molecule has 0 bridgehead atoms. The van der Waals surface area contributed by atoms with Crippen LogP contribution in [0.2, 0.25) is 0 Å². The molecule has 1 saturated heterocycles. The lowest BCUT2D eigenvalue weighted by molar-refractivity contribution is 0.680. The Hall–Kier alpha value is -2.14. The van der Waals surface area contributed by atoms with E-state index in [9.17, 15) is 0 Å². The maximum Gasteiger partial charge on any atom is 0.222 e. The molecule has 5 heteroatoms. The number of hydrogen-bond acceptors (Lipinski definition) is 5. The molecule has 1 fully saturated rings. The summed E-state index contributed by atoms with van der Waals surface area (Å²) in [6, 6.07) is 8.81. The van der Waals surface area contributed by atoms with E-state index in [0.717, 1.165) is 43.9 Å². The predicted molar refractivity (Wildman–Crippen MR) is 97.9 cm³/mol. The Labute approximate surface area is 143 Å². The lowest BCUT2D eigenvalue weighted by atomic mass is 9.97. The van der Waals surface area contributed by atoms with Crippen molar-refractivity contribution in [3.63, 3.8) is 0 Å². The zero-order chi connectivity index (χ0) is 16.5. The quantitative estimate of drug-likeness (QED) is 0.843. The van der Waals surface area contributed by atoms with Gasteiger partial charge in [-0.15, -0.1) is 0 Å². The van der Waals surface area contributed by atoms with Crippen molar-refractivity contribution in [2.75, 3.05) is 23.7 Å². The molecule has 5 nitrogen and oxygen atoms in total. The van der Waals surface area contributed by atoms with Crippen LogP contribution in [0.3, 0.4) is 0 Å². The molecule has 2 aromatic rings. The van der Waals surface area contributed by atoms with Crippen molar-refractivity contribution in [1.82, 2.24) is 9.97 Å². The van der Waals surface area contributed by atoms with Crippen LogP contribution in [0.25, 0.3) is 11.3 Å². The number of aromatic nitrogens is 2. The van der Waals surface area contributed by atoms with Crippen molar-refractivity contribution >= 4 is 11.8 Å². The van der Waals surface area contributed by atoms with Crippen LogP contribution >= 0.6 is 0 Å². The molecule has 0 radical (unpaired) electrons. The Bertz CT molecular complexity index is 743.